The van der Waals surface area contributed by atoms with Crippen LogP contribution in [0.1, 0.15) is 17.4 Å². The highest BCUT2D eigenvalue weighted by Crippen LogP contribution is 2.10. The van der Waals surface area contributed by atoms with Crippen LogP contribution < -0.4 is 5.32 Å². The van der Waals surface area contributed by atoms with Crippen molar-refractivity contribution in [2.45, 2.75) is 13.0 Å². The molecule has 1 aromatic heterocycles. The summed E-state index contributed by atoms with van der Waals surface area (Å²) in [7, 11) is 0. The van der Waals surface area contributed by atoms with E-state index in [1.165, 1.54) is 17.0 Å². The predicted molar refractivity (Wildman–Crippen MR) is 60.6 cm³/mol. The van der Waals surface area contributed by atoms with Gasteiger partial charge in [0.05, 0.1) is 0 Å². The molecule has 7 heteroatoms. The number of nitrogens with one attached hydrogen (secondary N) is 1. The van der Waals surface area contributed by atoms with Crippen LogP contribution in [0.5, 0.6) is 0 Å². The molecule has 1 saturated heterocycles. The number of halogens is 1. The van der Waals surface area contributed by atoms with E-state index in [1.807, 2.05) is 0 Å². The second-order valence-electron chi connectivity index (χ2n) is 3.71. The molecule has 1 aliphatic rings. The second-order valence-corrected chi connectivity index (χ2v) is 4.09. The third-order valence-electron chi connectivity index (χ3n) is 2.61. The van der Waals surface area contributed by atoms with Gasteiger partial charge < -0.3 is 10.2 Å². The summed E-state index contributed by atoms with van der Waals surface area (Å²) in [6.45, 7) is 2.60. The average molecular weight is 255 g/mol. The van der Waals surface area contributed by atoms with E-state index in [0.717, 1.165) is 0 Å². The van der Waals surface area contributed by atoms with E-state index in [0.29, 0.717) is 13.1 Å². The average Bonchev–Trinajstić information content (AvgIpc) is 2.33. The van der Waals surface area contributed by atoms with Gasteiger partial charge in [-0.1, -0.05) is 11.6 Å². The lowest BCUT2D eigenvalue weighted by molar-refractivity contribution is -0.127. The zero-order valence-electron chi connectivity index (χ0n) is 9.18. The standard InChI is InChI=1S/C10H11ClN4O2/c1-6-9(16)12-4-5-15(6)10(17)7-2-3-8(11)14-13-7/h2-3,6H,4-5H2,1H3,(H,12,16). The fourth-order valence-corrected chi connectivity index (χ4v) is 1.74. The second kappa shape index (κ2) is 4.67. The lowest BCUT2D eigenvalue weighted by atomic mass is 10.2. The summed E-state index contributed by atoms with van der Waals surface area (Å²) in [5.41, 5.74) is 0.191. The first-order valence-corrected chi connectivity index (χ1v) is 5.55. The Hall–Kier alpha value is -1.69. The van der Waals surface area contributed by atoms with Crippen molar-refractivity contribution in [2.24, 2.45) is 0 Å². The Bertz CT molecular complexity index is 448. The molecule has 0 aromatic carbocycles. The zero-order chi connectivity index (χ0) is 12.4. The summed E-state index contributed by atoms with van der Waals surface area (Å²) in [5, 5.41) is 10.2. The van der Waals surface area contributed by atoms with E-state index >= 15 is 0 Å². The van der Waals surface area contributed by atoms with Gasteiger partial charge in [-0.05, 0) is 19.1 Å². The Labute approximate surface area is 103 Å². The molecule has 6 nitrogen and oxygen atoms in total. The number of rotatable bonds is 1. The molecule has 0 aliphatic carbocycles. The van der Waals surface area contributed by atoms with Crippen LogP contribution in [0.2, 0.25) is 5.15 Å². The van der Waals surface area contributed by atoms with E-state index in [4.69, 9.17) is 11.6 Å². The van der Waals surface area contributed by atoms with Crippen molar-refractivity contribution in [1.82, 2.24) is 20.4 Å². The van der Waals surface area contributed by atoms with Crippen molar-refractivity contribution in [3.05, 3.63) is 23.0 Å². The number of piperazine rings is 1. The van der Waals surface area contributed by atoms with E-state index in [1.54, 1.807) is 6.92 Å². The molecular formula is C10H11ClN4O2. The van der Waals surface area contributed by atoms with Crippen LogP contribution in [0.4, 0.5) is 0 Å². The van der Waals surface area contributed by atoms with Gasteiger partial charge in [0.1, 0.15) is 6.04 Å². The summed E-state index contributed by atoms with van der Waals surface area (Å²) in [6, 6.07) is 2.50. The van der Waals surface area contributed by atoms with Gasteiger partial charge >= 0.3 is 0 Å². The van der Waals surface area contributed by atoms with Gasteiger partial charge in [-0.2, -0.15) is 0 Å². The van der Waals surface area contributed by atoms with Gasteiger partial charge in [0.25, 0.3) is 5.91 Å². The molecule has 90 valence electrons. The minimum atomic E-state index is -0.492. The molecule has 0 bridgehead atoms. The third kappa shape index (κ3) is 2.36. The normalized spacial score (nSPS) is 20.0. The molecule has 1 N–H and O–H groups in total. The molecule has 1 unspecified atom stereocenters. The van der Waals surface area contributed by atoms with Gasteiger partial charge in [0.2, 0.25) is 5.91 Å². The minimum Gasteiger partial charge on any atom is -0.353 e. The van der Waals surface area contributed by atoms with Crippen molar-refractivity contribution >= 4 is 23.4 Å². The van der Waals surface area contributed by atoms with Crippen molar-refractivity contribution in [3.63, 3.8) is 0 Å². The molecule has 2 amide bonds. The van der Waals surface area contributed by atoms with Gasteiger partial charge in [0.15, 0.2) is 10.8 Å². The van der Waals surface area contributed by atoms with E-state index in [2.05, 4.69) is 15.5 Å². The number of amides is 2. The quantitative estimate of drug-likeness (QED) is 0.771. The Morgan fingerprint density at radius 2 is 2.29 bits per heavy atom. The van der Waals surface area contributed by atoms with Crippen molar-refractivity contribution in [2.75, 3.05) is 13.1 Å². The van der Waals surface area contributed by atoms with Crippen LogP contribution in [-0.2, 0) is 4.79 Å². The molecule has 0 saturated carbocycles. The Balaban J connectivity index is 2.19. The third-order valence-corrected chi connectivity index (χ3v) is 2.81. The van der Waals surface area contributed by atoms with Crippen molar-refractivity contribution in [1.29, 1.82) is 0 Å². The van der Waals surface area contributed by atoms with E-state index in [9.17, 15) is 9.59 Å². The smallest absolute Gasteiger partial charge is 0.275 e. The molecule has 17 heavy (non-hydrogen) atoms. The highest BCUT2D eigenvalue weighted by molar-refractivity contribution is 6.29. The molecule has 0 spiro atoms. The topological polar surface area (TPSA) is 75.2 Å². The first kappa shape index (κ1) is 11.8. The Morgan fingerprint density at radius 1 is 1.53 bits per heavy atom. The summed E-state index contributed by atoms with van der Waals surface area (Å²) in [6.07, 6.45) is 0. The SMILES string of the molecule is CC1C(=O)NCCN1C(=O)c1ccc(Cl)nn1. The van der Waals surface area contributed by atoms with Crippen molar-refractivity contribution < 1.29 is 9.59 Å². The summed E-state index contributed by atoms with van der Waals surface area (Å²) < 4.78 is 0. The van der Waals surface area contributed by atoms with Gasteiger partial charge in [-0.15, -0.1) is 10.2 Å². The fraction of sp³-hybridized carbons (Fsp3) is 0.400. The Morgan fingerprint density at radius 3 is 2.94 bits per heavy atom. The lowest BCUT2D eigenvalue weighted by Crippen LogP contribution is -2.56. The summed E-state index contributed by atoms with van der Waals surface area (Å²) in [4.78, 5) is 25.0. The number of carbonyl (C=O) groups is 2. The highest BCUT2D eigenvalue weighted by atomic mass is 35.5. The molecule has 2 rings (SSSR count). The molecule has 1 atom stereocenters. The van der Waals surface area contributed by atoms with Crippen LogP contribution in [-0.4, -0.2) is 46.0 Å². The lowest BCUT2D eigenvalue weighted by Gasteiger charge is -2.32. The van der Waals surface area contributed by atoms with Crippen LogP contribution in [0, 0.1) is 0 Å². The monoisotopic (exact) mass is 254 g/mol. The molecule has 2 heterocycles. The van der Waals surface area contributed by atoms with Crippen molar-refractivity contribution in [3.8, 4) is 0 Å². The van der Waals surface area contributed by atoms with Crippen LogP contribution in [0.3, 0.4) is 0 Å². The van der Waals surface area contributed by atoms with E-state index in [-0.39, 0.29) is 22.7 Å². The first-order chi connectivity index (χ1) is 8.09. The molecular weight excluding hydrogens is 244 g/mol. The fourth-order valence-electron chi connectivity index (χ4n) is 1.64. The number of carbonyl (C=O) groups excluding carboxylic acids is 2. The Kier molecular flexibility index (Phi) is 3.23. The predicted octanol–water partition coefficient (Wildman–Crippen LogP) is 0.0905. The van der Waals surface area contributed by atoms with E-state index < -0.39 is 6.04 Å². The summed E-state index contributed by atoms with van der Waals surface area (Å²) >= 11 is 5.59. The van der Waals surface area contributed by atoms with Gasteiger partial charge in [-0.25, -0.2) is 0 Å². The van der Waals surface area contributed by atoms with Crippen LogP contribution in [0.15, 0.2) is 12.1 Å². The number of hydrogen-bond acceptors (Lipinski definition) is 4. The number of aromatic nitrogens is 2. The maximum atomic E-state index is 12.1. The highest BCUT2D eigenvalue weighted by Gasteiger charge is 2.30. The number of nitrogens with zero attached hydrogens (tertiary/aromatic N) is 3. The molecule has 1 fully saturated rings. The van der Waals surface area contributed by atoms with Crippen LogP contribution >= 0.6 is 11.6 Å². The first-order valence-electron chi connectivity index (χ1n) is 5.17. The zero-order valence-corrected chi connectivity index (χ0v) is 9.94. The minimum absolute atomic E-state index is 0.161. The van der Waals surface area contributed by atoms with Gasteiger partial charge in [0, 0.05) is 13.1 Å². The summed E-state index contributed by atoms with van der Waals surface area (Å²) in [5.74, 6) is -0.469. The maximum absolute atomic E-state index is 12.1. The molecule has 0 radical (unpaired) electrons. The van der Waals surface area contributed by atoms with Gasteiger partial charge in [-0.3, -0.25) is 9.59 Å². The number of hydrogen-bond donors (Lipinski definition) is 1. The molecule has 1 aromatic rings. The maximum Gasteiger partial charge on any atom is 0.275 e. The largest absolute Gasteiger partial charge is 0.353 e. The van der Waals surface area contributed by atoms with Crippen LogP contribution in [0.25, 0.3) is 0 Å². The molecule has 1 aliphatic heterocycles.